The number of carbonyl (C=O) groups excluding carboxylic acids is 1. The second-order valence-electron chi connectivity index (χ2n) is 7.88. The lowest BCUT2D eigenvalue weighted by atomic mass is 10.0. The number of aromatic nitrogens is 2. The number of halogens is 1. The topological polar surface area (TPSA) is 84.7 Å². The van der Waals surface area contributed by atoms with Gasteiger partial charge < -0.3 is 14.7 Å². The van der Waals surface area contributed by atoms with E-state index in [2.05, 4.69) is 5.10 Å². The van der Waals surface area contributed by atoms with Crippen molar-refractivity contribution in [3.05, 3.63) is 29.2 Å². The smallest absolute Gasteiger partial charge is 0.410 e. The van der Waals surface area contributed by atoms with Crippen LogP contribution in [0.4, 0.5) is 9.18 Å². The Labute approximate surface area is 156 Å². The second kappa shape index (κ2) is 6.83. The number of carboxylic acid groups (broad SMARTS) is 1. The Morgan fingerprint density at radius 3 is 2.44 bits per heavy atom. The molecule has 0 aliphatic carbocycles. The first kappa shape index (κ1) is 19.1. The summed E-state index contributed by atoms with van der Waals surface area (Å²) in [4.78, 5) is 25.0. The summed E-state index contributed by atoms with van der Waals surface area (Å²) < 4.78 is 21.3. The monoisotopic (exact) mass is 377 g/mol. The second-order valence-corrected chi connectivity index (χ2v) is 7.88. The summed E-state index contributed by atoms with van der Waals surface area (Å²) in [5.74, 6) is -2.07. The fourth-order valence-electron chi connectivity index (χ4n) is 3.37. The molecule has 1 saturated heterocycles. The number of nitrogens with zero attached hydrogens (tertiary/aromatic N) is 3. The van der Waals surface area contributed by atoms with Crippen molar-refractivity contribution in [3.63, 3.8) is 0 Å². The van der Waals surface area contributed by atoms with Crippen molar-refractivity contribution in [2.75, 3.05) is 13.1 Å². The Hall–Kier alpha value is -2.64. The number of benzene rings is 1. The number of carboxylic acids is 1. The lowest BCUT2D eigenvalue weighted by Crippen LogP contribution is -2.42. The fourth-order valence-corrected chi connectivity index (χ4v) is 3.37. The van der Waals surface area contributed by atoms with Gasteiger partial charge in [0.05, 0.1) is 22.8 Å². The number of likely N-dealkylation sites (tertiary alicyclic amines) is 1. The molecule has 1 aliphatic rings. The van der Waals surface area contributed by atoms with Crippen molar-refractivity contribution in [2.45, 2.75) is 52.2 Å². The van der Waals surface area contributed by atoms with Crippen LogP contribution in [0.25, 0.3) is 10.9 Å². The van der Waals surface area contributed by atoms with Gasteiger partial charge in [-0.15, -0.1) is 0 Å². The minimum Gasteiger partial charge on any atom is -0.478 e. The van der Waals surface area contributed by atoms with Crippen LogP contribution in [0.1, 0.15) is 55.7 Å². The number of fused-ring (bicyclic) bond motifs is 1. The molecule has 0 atom stereocenters. The Morgan fingerprint density at radius 1 is 1.26 bits per heavy atom. The summed E-state index contributed by atoms with van der Waals surface area (Å²) in [6.07, 6.45) is 0.995. The van der Waals surface area contributed by atoms with E-state index in [0.29, 0.717) is 42.5 Å². The number of aryl methyl sites for hydroxylation is 1. The molecule has 1 aromatic carbocycles. The lowest BCUT2D eigenvalue weighted by Gasteiger charge is -2.33. The predicted octanol–water partition coefficient (Wildman–Crippen LogP) is 3.75. The molecule has 146 valence electrons. The molecule has 2 aromatic rings. The molecular formula is C19H24FN3O4. The van der Waals surface area contributed by atoms with Gasteiger partial charge in [0.2, 0.25) is 0 Å². The Bertz CT molecular complexity index is 892. The van der Waals surface area contributed by atoms with Crippen molar-refractivity contribution in [1.82, 2.24) is 14.7 Å². The van der Waals surface area contributed by atoms with Gasteiger partial charge in [-0.3, -0.25) is 4.68 Å². The zero-order chi connectivity index (χ0) is 19.9. The van der Waals surface area contributed by atoms with Gasteiger partial charge in [0.15, 0.2) is 0 Å². The van der Waals surface area contributed by atoms with E-state index in [9.17, 15) is 14.0 Å². The van der Waals surface area contributed by atoms with Gasteiger partial charge in [-0.1, -0.05) is 0 Å². The van der Waals surface area contributed by atoms with Crippen LogP contribution in [0.15, 0.2) is 12.1 Å². The molecule has 2 heterocycles. The van der Waals surface area contributed by atoms with E-state index in [1.165, 1.54) is 12.1 Å². The number of aromatic carboxylic acids is 1. The van der Waals surface area contributed by atoms with Crippen LogP contribution in [0.5, 0.6) is 0 Å². The highest BCUT2D eigenvalue weighted by atomic mass is 19.1. The van der Waals surface area contributed by atoms with Crippen molar-refractivity contribution in [3.8, 4) is 0 Å². The van der Waals surface area contributed by atoms with E-state index in [1.807, 2.05) is 20.8 Å². The maximum Gasteiger partial charge on any atom is 0.410 e. The van der Waals surface area contributed by atoms with E-state index >= 15 is 0 Å². The van der Waals surface area contributed by atoms with Crippen LogP contribution in [0.3, 0.4) is 0 Å². The molecule has 7 nitrogen and oxygen atoms in total. The highest BCUT2D eigenvalue weighted by molar-refractivity contribution is 5.94. The molecule has 0 bridgehead atoms. The SMILES string of the molecule is Cc1nn(C2CCN(C(=O)OC(C)(C)C)CC2)c2cc(F)c(C(=O)O)cc12. The van der Waals surface area contributed by atoms with E-state index in [4.69, 9.17) is 9.84 Å². The molecule has 8 heteroatoms. The fraction of sp³-hybridized carbons (Fsp3) is 0.526. The van der Waals surface area contributed by atoms with Crippen molar-refractivity contribution in [2.24, 2.45) is 0 Å². The zero-order valence-corrected chi connectivity index (χ0v) is 16.0. The van der Waals surface area contributed by atoms with E-state index in [0.717, 1.165) is 0 Å². The number of hydrogen-bond acceptors (Lipinski definition) is 4. The molecule has 1 amide bonds. The van der Waals surface area contributed by atoms with E-state index < -0.39 is 17.4 Å². The molecule has 0 radical (unpaired) electrons. The first-order chi connectivity index (χ1) is 12.6. The Balaban J connectivity index is 1.81. The molecule has 1 fully saturated rings. The van der Waals surface area contributed by atoms with Crippen LogP contribution >= 0.6 is 0 Å². The third kappa shape index (κ3) is 3.89. The molecule has 1 aromatic heterocycles. The third-order valence-electron chi connectivity index (χ3n) is 4.67. The van der Waals surface area contributed by atoms with Gasteiger partial charge in [-0.2, -0.15) is 5.10 Å². The molecule has 1 aliphatic heterocycles. The number of piperidine rings is 1. The summed E-state index contributed by atoms with van der Waals surface area (Å²) in [5, 5.41) is 14.3. The first-order valence-electron chi connectivity index (χ1n) is 8.96. The number of carbonyl (C=O) groups is 2. The van der Waals surface area contributed by atoms with Crippen molar-refractivity contribution in [1.29, 1.82) is 0 Å². The highest BCUT2D eigenvalue weighted by Gasteiger charge is 2.29. The third-order valence-corrected chi connectivity index (χ3v) is 4.67. The molecule has 3 rings (SSSR count). The quantitative estimate of drug-likeness (QED) is 0.861. The predicted molar refractivity (Wildman–Crippen MR) is 97.5 cm³/mol. The van der Waals surface area contributed by atoms with Crippen LogP contribution in [-0.4, -0.2) is 50.5 Å². The lowest BCUT2D eigenvalue weighted by molar-refractivity contribution is 0.0186. The van der Waals surface area contributed by atoms with Gasteiger partial charge in [0.25, 0.3) is 0 Å². The van der Waals surface area contributed by atoms with E-state index in [1.54, 1.807) is 16.5 Å². The van der Waals surface area contributed by atoms with Gasteiger partial charge in [0.1, 0.15) is 11.4 Å². The number of ether oxygens (including phenoxy) is 1. The largest absolute Gasteiger partial charge is 0.478 e. The standard InChI is InChI=1S/C19H24FN3O4/c1-11-13-9-14(17(24)25)15(20)10-16(13)23(21-11)12-5-7-22(8-6-12)18(26)27-19(2,3)4/h9-10,12H,5-8H2,1-4H3,(H,24,25). The van der Waals surface area contributed by atoms with Gasteiger partial charge >= 0.3 is 12.1 Å². The summed E-state index contributed by atoms with van der Waals surface area (Å²) in [6, 6.07) is 2.58. The minimum absolute atomic E-state index is 0.00923. The van der Waals surface area contributed by atoms with Gasteiger partial charge in [-0.25, -0.2) is 14.0 Å². The normalized spacial score (nSPS) is 16.0. The van der Waals surface area contributed by atoms with Crippen LogP contribution < -0.4 is 0 Å². The Kier molecular flexibility index (Phi) is 4.84. The maximum absolute atomic E-state index is 14.2. The van der Waals surface area contributed by atoms with Crippen LogP contribution in [-0.2, 0) is 4.74 Å². The summed E-state index contributed by atoms with van der Waals surface area (Å²) in [5.41, 5.74) is 0.334. The maximum atomic E-state index is 14.2. The van der Waals surface area contributed by atoms with Crippen LogP contribution in [0.2, 0.25) is 0 Å². The molecule has 0 saturated carbocycles. The van der Waals surface area contributed by atoms with Gasteiger partial charge in [0, 0.05) is 24.5 Å². The van der Waals surface area contributed by atoms with Crippen LogP contribution in [0, 0.1) is 12.7 Å². The number of amides is 1. The summed E-state index contributed by atoms with van der Waals surface area (Å²) >= 11 is 0. The number of rotatable bonds is 2. The van der Waals surface area contributed by atoms with Crippen molar-refractivity contribution < 1.29 is 23.8 Å². The van der Waals surface area contributed by atoms with E-state index in [-0.39, 0.29) is 17.7 Å². The average Bonchev–Trinajstić information content (AvgIpc) is 2.88. The molecule has 1 N–H and O–H groups in total. The van der Waals surface area contributed by atoms with Crippen molar-refractivity contribution >= 4 is 23.0 Å². The zero-order valence-electron chi connectivity index (χ0n) is 16.0. The summed E-state index contributed by atoms with van der Waals surface area (Å²) in [6.45, 7) is 8.31. The first-order valence-corrected chi connectivity index (χ1v) is 8.96. The average molecular weight is 377 g/mol. The molecule has 0 unspecified atom stereocenters. The number of hydrogen-bond donors (Lipinski definition) is 1. The highest BCUT2D eigenvalue weighted by Crippen LogP contribution is 2.30. The summed E-state index contributed by atoms with van der Waals surface area (Å²) in [7, 11) is 0. The molecule has 27 heavy (non-hydrogen) atoms. The van der Waals surface area contributed by atoms with Gasteiger partial charge in [-0.05, 0) is 46.6 Å². The molecule has 0 spiro atoms. The molecular weight excluding hydrogens is 353 g/mol. The Morgan fingerprint density at radius 2 is 1.89 bits per heavy atom. The minimum atomic E-state index is -1.30.